The standard InChI is InChI=1S/C23H18FNO/c24-22-11-4-3-9-21(22)23(26)25-18-14-12-17(13-15-18)20-10-5-7-16-6-1-2-8-19(16)20/h2-5,7-15H,1,6H2,(H,25,26). The molecule has 0 aromatic heterocycles. The monoisotopic (exact) mass is 343 g/mol. The summed E-state index contributed by atoms with van der Waals surface area (Å²) in [7, 11) is 0. The van der Waals surface area contributed by atoms with Crippen LogP contribution in [0.2, 0.25) is 0 Å². The molecular weight excluding hydrogens is 325 g/mol. The Morgan fingerprint density at radius 2 is 1.73 bits per heavy atom. The van der Waals surface area contributed by atoms with Gasteiger partial charge < -0.3 is 5.32 Å². The Hall–Kier alpha value is -3.20. The van der Waals surface area contributed by atoms with Gasteiger partial charge in [-0.3, -0.25) is 4.79 Å². The van der Waals surface area contributed by atoms with Gasteiger partial charge in [0.1, 0.15) is 5.82 Å². The van der Waals surface area contributed by atoms with E-state index in [1.54, 1.807) is 12.1 Å². The number of fused-ring (bicyclic) bond motifs is 1. The smallest absolute Gasteiger partial charge is 0.258 e. The maximum absolute atomic E-state index is 13.7. The van der Waals surface area contributed by atoms with E-state index in [4.69, 9.17) is 0 Å². The Labute approximate surface area is 152 Å². The predicted octanol–water partition coefficient (Wildman–Crippen LogP) is 5.70. The van der Waals surface area contributed by atoms with Crippen LogP contribution >= 0.6 is 0 Å². The molecule has 0 radical (unpaired) electrons. The van der Waals surface area contributed by atoms with Gasteiger partial charge in [-0.1, -0.05) is 54.6 Å². The van der Waals surface area contributed by atoms with Crippen molar-refractivity contribution in [3.63, 3.8) is 0 Å². The van der Waals surface area contributed by atoms with Crippen molar-refractivity contribution in [2.24, 2.45) is 0 Å². The first-order valence-electron chi connectivity index (χ1n) is 8.67. The average Bonchev–Trinajstić information content (AvgIpc) is 2.68. The zero-order valence-corrected chi connectivity index (χ0v) is 14.2. The number of amides is 1. The number of hydrogen-bond donors (Lipinski definition) is 1. The summed E-state index contributed by atoms with van der Waals surface area (Å²) in [5.41, 5.74) is 5.59. The van der Waals surface area contributed by atoms with Crippen molar-refractivity contribution in [1.29, 1.82) is 0 Å². The molecule has 1 aliphatic rings. The summed E-state index contributed by atoms with van der Waals surface area (Å²) >= 11 is 0. The number of halogens is 1. The van der Waals surface area contributed by atoms with Crippen molar-refractivity contribution in [3.8, 4) is 11.1 Å². The number of rotatable bonds is 3. The van der Waals surface area contributed by atoms with Crippen LogP contribution in [0.4, 0.5) is 10.1 Å². The number of nitrogens with one attached hydrogen (secondary N) is 1. The van der Waals surface area contributed by atoms with Crippen LogP contribution in [0.1, 0.15) is 27.9 Å². The van der Waals surface area contributed by atoms with E-state index in [0.717, 1.165) is 18.4 Å². The fourth-order valence-electron chi connectivity index (χ4n) is 3.30. The van der Waals surface area contributed by atoms with Gasteiger partial charge in [0, 0.05) is 5.69 Å². The van der Waals surface area contributed by atoms with Crippen molar-refractivity contribution in [2.75, 3.05) is 5.32 Å². The number of anilines is 1. The SMILES string of the molecule is O=C(Nc1ccc(-c2cccc3c2C=CCC3)cc1)c1ccccc1F. The summed E-state index contributed by atoms with van der Waals surface area (Å²) in [6.45, 7) is 0. The fourth-order valence-corrected chi connectivity index (χ4v) is 3.30. The number of benzene rings is 3. The lowest BCUT2D eigenvalue weighted by Crippen LogP contribution is -2.13. The highest BCUT2D eigenvalue weighted by Crippen LogP contribution is 2.31. The van der Waals surface area contributed by atoms with Crippen LogP contribution in [0.15, 0.2) is 72.8 Å². The Kier molecular flexibility index (Phi) is 4.36. The summed E-state index contributed by atoms with van der Waals surface area (Å²) in [4.78, 5) is 12.2. The topological polar surface area (TPSA) is 29.1 Å². The Morgan fingerprint density at radius 3 is 2.54 bits per heavy atom. The molecule has 0 bridgehead atoms. The van der Waals surface area contributed by atoms with Crippen LogP contribution in [0.5, 0.6) is 0 Å². The maximum Gasteiger partial charge on any atom is 0.258 e. The van der Waals surface area contributed by atoms with Crippen LogP contribution in [-0.4, -0.2) is 5.91 Å². The van der Waals surface area contributed by atoms with Crippen LogP contribution in [0.3, 0.4) is 0 Å². The van der Waals surface area contributed by atoms with Gasteiger partial charge in [-0.25, -0.2) is 4.39 Å². The molecule has 1 aliphatic carbocycles. The number of carbonyl (C=O) groups excluding carboxylic acids is 1. The number of carbonyl (C=O) groups is 1. The first kappa shape index (κ1) is 16.3. The van der Waals surface area contributed by atoms with Gasteiger partial charge in [-0.2, -0.15) is 0 Å². The number of allylic oxidation sites excluding steroid dienone is 1. The molecule has 4 rings (SSSR count). The molecular formula is C23H18FNO. The maximum atomic E-state index is 13.7. The minimum absolute atomic E-state index is 0.0406. The molecule has 1 N–H and O–H groups in total. The minimum Gasteiger partial charge on any atom is -0.322 e. The highest BCUT2D eigenvalue weighted by molar-refractivity contribution is 6.04. The molecule has 128 valence electrons. The molecule has 3 aromatic carbocycles. The van der Waals surface area contributed by atoms with Gasteiger partial charge in [-0.05, 0) is 59.4 Å². The van der Waals surface area contributed by atoms with E-state index < -0.39 is 11.7 Å². The molecule has 0 aliphatic heterocycles. The van der Waals surface area contributed by atoms with Crippen LogP contribution in [0, 0.1) is 5.82 Å². The molecule has 0 unspecified atom stereocenters. The second kappa shape index (κ2) is 6.96. The summed E-state index contributed by atoms with van der Waals surface area (Å²) in [5.74, 6) is -0.972. The second-order valence-corrected chi connectivity index (χ2v) is 6.33. The van der Waals surface area contributed by atoms with Crippen LogP contribution < -0.4 is 5.32 Å². The first-order valence-corrected chi connectivity index (χ1v) is 8.67. The number of aryl methyl sites for hydroxylation is 1. The second-order valence-electron chi connectivity index (χ2n) is 6.33. The third-order valence-electron chi connectivity index (χ3n) is 4.63. The molecule has 26 heavy (non-hydrogen) atoms. The first-order chi connectivity index (χ1) is 12.7. The van der Waals surface area contributed by atoms with Gasteiger partial charge >= 0.3 is 0 Å². The highest BCUT2D eigenvalue weighted by Gasteiger charge is 2.12. The fraction of sp³-hybridized carbons (Fsp3) is 0.0870. The van der Waals surface area contributed by atoms with Gasteiger partial charge in [0.15, 0.2) is 0 Å². The molecule has 3 heteroatoms. The summed E-state index contributed by atoms with van der Waals surface area (Å²) in [6, 6.07) is 20.0. The molecule has 0 saturated heterocycles. The van der Waals surface area contributed by atoms with E-state index >= 15 is 0 Å². The third kappa shape index (κ3) is 3.16. The highest BCUT2D eigenvalue weighted by atomic mass is 19.1. The normalized spacial score (nSPS) is 12.5. The van der Waals surface area contributed by atoms with Crippen molar-refractivity contribution in [3.05, 3.63) is 95.3 Å². The molecule has 0 spiro atoms. The lowest BCUT2D eigenvalue weighted by Gasteiger charge is -2.15. The quantitative estimate of drug-likeness (QED) is 0.649. The van der Waals surface area contributed by atoms with E-state index in [2.05, 4.69) is 35.7 Å². The van der Waals surface area contributed by atoms with Gasteiger partial charge in [0.05, 0.1) is 5.56 Å². The molecule has 0 fully saturated rings. The molecule has 0 heterocycles. The lowest BCUT2D eigenvalue weighted by molar-refractivity contribution is 0.102. The van der Waals surface area contributed by atoms with E-state index in [0.29, 0.717) is 5.69 Å². The van der Waals surface area contributed by atoms with Crippen molar-refractivity contribution in [1.82, 2.24) is 0 Å². The summed E-state index contributed by atoms with van der Waals surface area (Å²) in [6.07, 6.45) is 6.53. The van der Waals surface area contributed by atoms with E-state index in [1.165, 1.54) is 28.8 Å². The van der Waals surface area contributed by atoms with E-state index in [1.807, 2.05) is 24.3 Å². The van der Waals surface area contributed by atoms with E-state index in [-0.39, 0.29) is 5.56 Å². The predicted molar refractivity (Wildman–Crippen MR) is 104 cm³/mol. The van der Waals surface area contributed by atoms with Gasteiger partial charge in [0.25, 0.3) is 5.91 Å². The largest absolute Gasteiger partial charge is 0.322 e. The summed E-state index contributed by atoms with van der Waals surface area (Å²) < 4.78 is 13.7. The molecule has 0 atom stereocenters. The Balaban J connectivity index is 1.58. The van der Waals surface area contributed by atoms with Crippen LogP contribution in [-0.2, 0) is 6.42 Å². The zero-order valence-electron chi connectivity index (χ0n) is 14.2. The molecule has 0 saturated carbocycles. The van der Waals surface area contributed by atoms with E-state index in [9.17, 15) is 9.18 Å². The zero-order chi connectivity index (χ0) is 17.9. The average molecular weight is 343 g/mol. The Bertz CT molecular complexity index is 989. The lowest BCUT2D eigenvalue weighted by atomic mass is 9.90. The third-order valence-corrected chi connectivity index (χ3v) is 4.63. The van der Waals surface area contributed by atoms with Crippen molar-refractivity contribution >= 4 is 17.7 Å². The molecule has 1 amide bonds. The van der Waals surface area contributed by atoms with Crippen LogP contribution in [0.25, 0.3) is 17.2 Å². The minimum atomic E-state index is -0.524. The summed E-state index contributed by atoms with van der Waals surface area (Å²) in [5, 5.41) is 2.75. The Morgan fingerprint density at radius 1 is 0.923 bits per heavy atom. The van der Waals surface area contributed by atoms with Crippen molar-refractivity contribution in [2.45, 2.75) is 12.8 Å². The number of hydrogen-bond acceptors (Lipinski definition) is 1. The molecule has 2 nitrogen and oxygen atoms in total. The molecule has 3 aromatic rings. The van der Waals surface area contributed by atoms with Crippen molar-refractivity contribution < 1.29 is 9.18 Å². The van der Waals surface area contributed by atoms with Gasteiger partial charge in [-0.15, -0.1) is 0 Å². The van der Waals surface area contributed by atoms with Gasteiger partial charge in [0.2, 0.25) is 0 Å².